The van der Waals surface area contributed by atoms with E-state index in [1.807, 2.05) is 0 Å². The Bertz CT molecular complexity index is 1560. The van der Waals surface area contributed by atoms with E-state index in [9.17, 15) is 23.6 Å². The van der Waals surface area contributed by atoms with Crippen molar-refractivity contribution in [2.24, 2.45) is 17.8 Å². The van der Waals surface area contributed by atoms with Gasteiger partial charge in [0, 0.05) is 43.7 Å². The average Bonchev–Trinajstić information content (AvgIpc) is 3.77. The number of hydrogen-bond acceptors (Lipinski definition) is 9. The summed E-state index contributed by atoms with van der Waals surface area (Å²) in [4.78, 5) is 55.4. The lowest BCUT2D eigenvalue weighted by Crippen LogP contribution is -2.55. The van der Waals surface area contributed by atoms with Gasteiger partial charge in [-0.3, -0.25) is 9.59 Å². The number of fused-ring (bicyclic) bond motifs is 1. The molecule has 2 aliphatic carbocycles. The zero-order chi connectivity index (χ0) is 37.6. The summed E-state index contributed by atoms with van der Waals surface area (Å²) in [6.07, 6.45) is 6.69. The third-order valence-corrected chi connectivity index (χ3v) is 11.1. The number of benzene rings is 1. The molecule has 0 radical (unpaired) electrons. The normalized spacial score (nSPS) is 24.6. The van der Waals surface area contributed by atoms with Crippen LogP contribution in [0.2, 0.25) is 0 Å². The van der Waals surface area contributed by atoms with E-state index in [-0.39, 0.29) is 48.0 Å². The van der Waals surface area contributed by atoms with E-state index in [0.717, 1.165) is 32.1 Å². The molecular formula is C39H56FN3O9. The number of carbonyl (C=O) groups is 4. The molecule has 2 heterocycles. The van der Waals surface area contributed by atoms with E-state index in [2.05, 4.69) is 10.6 Å². The van der Waals surface area contributed by atoms with Crippen molar-refractivity contribution in [2.45, 2.75) is 121 Å². The van der Waals surface area contributed by atoms with E-state index in [0.29, 0.717) is 55.3 Å². The molecule has 1 saturated heterocycles. The van der Waals surface area contributed by atoms with Crippen LogP contribution in [0.4, 0.5) is 14.9 Å². The summed E-state index contributed by atoms with van der Waals surface area (Å²) in [6, 6.07) is 5.28. The number of nitrogens with zero attached hydrogens (tertiary/aromatic N) is 1. The Morgan fingerprint density at radius 3 is 2.37 bits per heavy atom. The van der Waals surface area contributed by atoms with Gasteiger partial charge in [0.1, 0.15) is 30.5 Å². The summed E-state index contributed by atoms with van der Waals surface area (Å²) in [7, 11) is 3.25. The van der Waals surface area contributed by atoms with Gasteiger partial charge in [0.05, 0.1) is 17.7 Å². The van der Waals surface area contributed by atoms with Crippen molar-refractivity contribution in [3.8, 4) is 0 Å². The van der Waals surface area contributed by atoms with Gasteiger partial charge in [0.2, 0.25) is 17.6 Å². The van der Waals surface area contributed by atoms with Crippen LogP contribution in [-0.4, -0.2) is 92.2 Å². The molecule has 52 heavy (non-hydrogen) atoms. The summed E-state index contributed by atoms with van der Waals surface area (Å²) in [5.41, 5.74) is -0.236. The van der Waals surface area contributed by atoms with Gasteiger partial charge < -0.3 is 38.9 Å². The molecule has 1 aromatic carbocycles. The van der Waals surface area contributed by atoms with E-state index in [1.165, 1.54) is 7.11 Å². The molecule has 1 aliphatic heterocycles. The number of hydrogen-bond donors (Lipinski definition) is 2. The first kappa shape index (κ1) is 39.5. The Labute approximate surface area is 305 Å². The van der Waals surface area contributed by atoms with Gasteiger partial charge in [-0.15, -0.1) is 0 Å². The van der Waals surface area contributed by atoms with Crippen molar-refractivity contribution >= 4 is 40.5 Å². The van der Waals surface area contributed by atoms with E-state index in [4.69, 9.17) is 23.4 Å². The first-order chi connectivity index (χ1) is 24.8. The fourth-order valence-electron chi connectivity index (χ4n) is 8.31. The molecule has 2 saturated carbocycles. The maximum atomic E-state index is 14.4. The Balaban J connectivity index is 1.30. The Hall–Kier alpha value is -3.71. The monoisotopic (exact) mass is 729 g/mol. The molecule has 0 unspecified atom stereocenters. The standard InChI is InChI=1S/C39H56FN3O9/c1-24(48-5)23-50-36(46)32-21-27-20-28(14-15-31(27)51-32)41-34(44)33-29(39(49-6)17-8-7-9-18-39)16-19-43(33)35(45)26-12-10-25(11-13-26)30(22-40)42-37(47)52-38(2,3)4/h14-15,20-21,24-26,29-30,33H,7-13,16-19,22-23H2,1-6H3,(H,41,44)(H,42,47)/t24-,25?,26?,29+,30+,33+/m0/s1. The van der Waals surface area contributed by atoms with Crippen LogP contribution in [0.1, 0.15) is 102 Å². The van der Waals surface area contributed by atoms with Crippen molar-refractivity contribution in [3.63, 3.8) is 0 Å². The first-order valence-corrected chi connectivity index (χ1v) is 18.7. The molecular weight excluding hydrogens is 673 g/mol. The zero-order valence-electron chi connectivity index (χ0n) is 31.5. The van der Waals surface area contributed by atoms with Crippen LogP contribution in [-0.2, 0) is 28.5 Å². The fraction of sp³-hybridized carbons (Fsp3) is 0.692. The number of likely N-dealkylation sites (tertiary alicyclic amines) is 1. The van der Waals surface area contributed by atoms with Crippen molar-refractivity contribution in [2.75, 3.05) is 39.4 Å². The summed E-state index contributed by atoms with van der Waals surface area (Å²) >= 11 is 0. The number of alkyl halides is 1. The summed E-state index contributed by atoms with van der Waals surface area (Å²) in [6.45, 7) is 6.86. The van der Waals surface area contributed by atoms with Gasteiger partial charge in [0.25, 0.3) is 0 Å². The van der Waals surface area contributed by atoms with Crippen molar-refractivity contribution < 1.29 is 46.9 Å². The molecule has 2 aromatic rings. The van der Waals surface area contributed by atoms with Gasteiger partial charge in [-0.2, -0.15) is 0 Å². The fourth-order valence-corrected chi connectivity index (χ4v) is 8.31. The molecule has 1 aromatic heterocycles. The van der Waals surface area contributed by atoms with Crippen molar-refractivity contribution in [1.82, 2.24) is 10.2 Å². The zero-order valence-corrected chi connectivity index (χ0v) is 31.5. The molecule has 3 aliphatic rings. The highest BCUT2D eigenvalue weighted by atomic mass is 19.1. The van der Waals surface area contributed by atoms with Crippen LogP contribution >= 0.6 is 0 Å². The Kier molecular flexibility index (Phi) is 12.9. The van der Waals surface area contributed by atoms with Gasteiger partial charge in [-0.05, 0) is 103 Å². The van der Waals surface area contributed by atoms with Crippen LogP contribution in [0.15, 0.2) is 28.7 Å². The summed E-state index contributed by atoms with van der Waals surface area (Å²) < 4.78 is 41.8. The molecule has 2 N–H and O–H groups in total. The number of alkyl carbamates (subject to hydrolysis) is 1. The Morgan fingerprint density at radius 2 is 1.73 bits per heavy atom. The molecule has 12 nitrogen and oxygen atoms in total. The van der Waals surface area contributed by atoms with Crippen LogP contribution in [0.5, 0.6) is 0 Å². The number of furan rings is 1. The number of anilines is 1. The molecule has 3 amide bonds. The minimum atomic E-state index is -0.746. The number of nitrogens with one attached hydrogen (secondary N) is 2. The van der Waals surface area contributed by atoms with Gasteiger partial charge >= 0.3 is 12.1 Å². The number of esters is 1. The largest absolute Gasteiger partial charge is 0.457 e. The van der Waals surface area contributed by atoms with Crippen LogP contribution in [0.3, 0.4) is 0 Å². The molecule has 5 rings (SSSR count). The molecule has 288 valence electrons. The van der Waals surface area contributed by atoms with Crippen LogP contribution in [0, 0.1) is 17.8 Å². The summed E-state index contributed by atoms with van der Waals surface area (Å²) in [5, 5.41) is 6.37. The number of carbonyl (C=O) groups excluding carboxylic acids is 4. The number of rotatable bonds is 12. The third kappa shape index (κ3) is 9.25. The quantitative estimate of drug-likeness (QED) is 0.225. The van der Waals surface area contributed by atoms with Crippen LogP contribution < -0.4 is 10.6 Å². The topological polar surface area (TPSA) is 146 Å². The third-order valence-electron chi connectivity index (χ3n) is 11.1. The van der Waals surface area contributed by atoms with E-state index < -0.39 is 42.0 Å². The summed E-state index contributed by atoms with van der Waals surface area (Å²) in [5.74, 6) is -1.57. The van der Waals surface area contributed by atoms with E-state index >= 15 is 0 Å². The Morgan fingerprint density at radius 1 is 1.02 bits per heavy atom. The smallest absolute Gasteiger partial charge is 0.407 e. The number of amides is 3. The second-order valence-corrected chi connectivity index (χ2v) is 15.7. The minimum absolute atomic E-state index is 0.0434. The maximum absolute atomic E-state index is 14.4. The molecule has 3 fully saturated rings. The number of ether oxygens (including phenoxy) is 4. The predicted molar refractivity (Wildman–Crippen MR) is 193 cm³/mol. The van der Waals surface area contributed by atoms with Gasteiger partial charge in [0.15, 0.2) is 0 Å². The molecule has 4 atom stereocenters. The highest BCUT2D eigenvalue weighted by Crippen LogP contribution is 2.46. The molecule has 0 bridgehead atoms. The predicted octanol–water partition coefficient (Wildman–Crippen LogP) is 6.80. The van der Waals surface area contributed by atoms with Crippen LogP contribution in [0.25, 0.3) is 11.0 Å². The lowest BCUT2D eigenvalue weighted by molar-refractivity contribution is -0.146. The number of halogens is 1. The SMILES string of the molecule is CO[C@@H](C)COC(=O)c1cc2cc(NC(=O)[C@H]3[C@H](C4(OC)CCCCC4)CCN3C(=O)C3CCC([C@@H](CF)NC(=O)OC(C)(C)C)CC3)ccc2o1. The van der Waals surface area contributed by atoms with Crippen molar-refractivity contribution in [3.05, 3.63) is 30.0 Å². The maximum Gasteiger partial charge on any atom is 0.407 e. The van der Waals surface area contributed by atoms with Gasteiger partial charge in [-0.1, -0.05) is 19.3 Å². The lowest BCUT2D eigenvalue weighted by Gasteiger charge is -2.44. The lowest BCUT2D eigenvalue weighted by atomic mass is 9.72. The highest BCUT2D eigenvalue weighted by molar-refractivity contribution is 6.00. The number of methoxy groups -OCH3 is 2. The second-order valence-electron chi connectivity index (χ2n) is 15.7. The minimum Gasteiger partial charge on any atom is -0.457 e. The van der Waals surface area contributed by atoms with E-state index in [1.54, 1.807) is 64.0 Å². The highest BCUT2D eigenvalue weighted by Gasteiger charge is 2.53. The molecule has 13 heteroatoms. The van der Waals surface area contributed by atoms with Crippen molar-refractivity contribution in [1.29, 1.82) is 0 Å². The average molecular weight is 730 g/mol. The first-order valence-electron chi connectivity index (χ1n) is 18.7. The van der Waals surface area contributed by atoms with Gasteiger partial charge in [-0.25, -0.2) is 14.0 Å². The molecule has 0 spiro atoms. The second kappa shape index (κ2) is 17.0.